The molecule has 0 aliphatic carbocycles. The van der Waals surface area contributed by atoms with E-state index in [2.05, 4.69) is 135 Å². The summed E-state index contributed by atoms with van der Waals surface area (Å²) in [5, 5.41) is 0. The molecule has 5 aromatic rings. The van der Waals surface area contributed by atoms with E-state index in [0.29, 0.717) is 0 Å². The van der Waals surface area contributed by atoms with Crippen molar-refractivity contribution in [3.8, 4) is 22.3 Å². The highest BCUT2D eigenvalue weighted by atomic mass is 14.1. The van der Waals surface area contributed by atoms with Gasteiger partial charge in [0.1, 0.15) is 0 Å². The molecular weight excluding hydrogens is 553 g/mol. The van der Waals surface area contributed by atoms with Crippen molar-refractivity contribution in [3.05, 3.63) is 155 Å². The Morgan fingerprint density at radius 2 is 0.587 bits per heavy atom. The van der Waals surface area contributed by atoms with Gasteiger partial charge in [-0.2, -0.15) is 0 Å². The average Bonchev–Trinajstić information content (AvgIpc) is 3.12. The van der Waals surface area contributed by atoms with Crippen LogP contribution < -0.4 is 0 Å². The van der Waals surface area contributed by atoms with Crippen LogP contribution in [0.15, 0.2) is 121 Å². The van der Waals surface area contributed by atoms with Crippen LogP contribution in [0.5, 0.6) is 0 Å². The molecule has 5 rings (SSSR count). The maximum Gasteiger partial charge on any atom is -0.0178 e. The first-order valence-corrected chi connectivity index (χ1v) is 18.1. The zero-order chi connectivity index (χ0) is 31.8. The van der Waals surface area contributed by atoms with Crippen LogP contribution in [-0.4, -0.2) is 0 Å². The quantitative estimate of drug-likeness (QED) is 0.0870. The number of aryl methyl sites for hydroxylation is 6. The molecule has 0 N–H and O–H groups in total. The van der Waals surface area contributed by atoms with Gasteiger partial charge in [-0.25, -0.2) is 0 Å². The standard InChI is InChI=1S/C46H54/c1-3-5-7-9-12-37-16-20-39(21-17-37)24-26-41-28-32-43(33-29-41)45-14-11-15-46(36-45)44-34-30-42(31-35-44)27-25-40-22-18-38(19-23-40)13-10-8-6-4-2/h11,14-23,28-36H,3-10,12-13,24-27H2,1-2H3. The minimum Gasteiger partial charge on any atom is -0.0654 e. The summed E-state index contributed by atoms with van der Waals surface area (Å²) < 4.78 is 0. The molecule has 0 aliphatic heterocycles. The predicted octanol–water partition coefficient (Wildman–Crippen LogP) is 12.8. The lowest BCUT2D eigenvalue weighted by atomic mass is 9.96. The largest absolute Gasteiger partial charge is 0.0654 e. The number of hydrogen-bond acceptors (Lipinski definition) is 0. The molecular formula is C46H54. The maximum absolute atomic E-state index is 2.33. The first-order chi connectivity index (χ1) is 22.7. The molecule has 0 saturated heterocycles. The van der Waals surface area contributed by atoms with Crippen molar-refractivity contribution in [2.75, 3.05) is 0 Å². The summed E-state index contributed by atoms with van der Waals surface area (Å²) in [7, 11) is 0. The summed E-state index contributed by atoms with van der Waals surface area (Å²) in [6.45, 7) is 4.55. The molecule has 0 aliphatic rings. The van der Waals surface area contributed by atoms with E-state index in [-0.39, 0.29) is 0 Å². The van der Waals surface area contributed by atoms with E-state index in [1.807, 2.05) is 0 Å². The van der Waals surface area contributed by atoms with Crippen LogP contribution in [0.2, 0.25) is 0 Å². The van der Waals surface area contributed by atoms with Crippen LogP contribution in [0, 0.1) is 0 Å². The number of rotatable bonds is 18. The zero-order valence-corrected chi connectivity index (χ0v) is 28.4. The minimum atomic E-state index is 1.08. The van der Waals surface area contributed by atoms with Gasteiger partial charge in [0.2, 0.25) is 0 Å². The van der Waals surface area contributed by atoms with E-state index in [1.54, 1.807) is 0 Å². The van der Waals surface area contributed by atoms with Gasteiger partial charge in [-0.1, -0.05) is 168 Å². The van der Waals surface area contributed by atoms with Gasteiger partial charge in [0, 0.05) is 0 Å². The smallest absolute Gasteiger partial charge is 0.0178 e. The molecule has 0 spiro atoms. The molecule has 0 heterocycles. The predicted molar refractivity (Wildman–Crippen MR) is 201 cm³/mol. The van der Waals surface area contributed by atoms with Crippen LogP contribution in [0.4, 0.5) is 0 Å². The summed E-state index contributed by atoms with van der Waals surface area (Å²) in [4.78, 5) is 0. The summed E-state index contributed by atoms with van der Waals surface area (Å²) in [5.74, 6) is 0. The minimum absolute atomic E-state index is 1.08. The lowest BCUT2D eigenvalue weighted by Crippen LogP contribution is -1.93. The molecule has 0 radical (unpaired) electrons. The number of unbranched alkanes of at least 4 members (excludes halogenated alkanes) is 6. The topological polar surface area (TPSA) is 0 Å². The molecule has 0 aromatic heterocycles. The molecule has 0 unspecified atom stereocenters. The van der Waals surface area contributed by atoms with Crippen molar-refractivity contribution in [2.45, 2.75) is 104 Å². The van der Waals surface area contributed by atoms with Gasteiger partial charge in [-0.15, -0.1) is 0 Å². The summed E-state index contributed by atoms with van der Waals surface area (Å²) in [6, 6.07) is 46.0. The Hall–Kier alpha value is -3.90. The van der Waals surface area contributed by atoms with Crippen molar-refractivity contribution >= 4 is 0 Å². The second-order valence-electron chi connectivity index (χ2n) is 13.2. The van der Waals surface area contributed by atoms with E-state index in [4.69, 9.17) is 0 Å². The van der Waals surface area contributed by atoms with Gasteiger partial charge < -0.3 is 0 Å². The Labute approximate surface area is 279 Å². The van der Waals surface area contributed by atoms with Crippen molar-refractivity contribution < 1.29 is 0 Å². The molecule has 0 amide bonds. The monoisotopic (exact) mass is 606 g/mol. The lowest BCUT2D eigenvalue weighted by Gasteiger charge is -2.09. The second kappa shape index (κ2) is 18.3. The van der Waals surface area contributed by atoms with Gasteiger partial charge in [0.25, 0.3) is 0 Å². The van der Waals surface area contributed by atoms with Crippen LogP contribution >= 0.6 is 0 Å². The van der Waals surface area contributed by atoms with E-state index in [9.17, 15) is 0 Å². The first-order valence-electron chi connectivity index (χ1n) is 18.1. The molecule has 0 saturated carbocycles. The van der Waals surface area contributed by atoms with Crippen molar-refractivity contribution in [2.24, 2.45) is 0 Å². The normalized spacial score (nSPS) is 11.2. The van der Waals surface area contributed by atoms with Crippen LogP contribution in [0.1, 0.15) is 98.6 Å². The van der Waals surface area contributed by atoms with Crippen LogP contribution in [0.25, 0.3) is 22.3 Å². The van der Waals surface area contributed by atoms with E-state index in [1.165, 1.54) is 120 Å². The Kier molecular flexibility index (Phi) is 13.3. The Balaban J connectivity index is 1.10. The van der Waals surface area contributed by atoms with Gasteiger partial charge in [0.15, 0.2) is 0 Å². The Morgan fingerprint density at radius 1 is 0.283 bits per heavy atom. The highest BCUT2D eigenvalue weighted by Gasteiger charge is 2.05. The third-order valence-corrected chi connectivity index (χ3v) is 9.53. The van der Waals surface area contributed by atoms with E-state index < -0.39 is 0 Å². The molecule has 0 heteroatoms. The number of hydrogen-bond donors (Lipinski definition) is 0. The summed E-state index contributed by atoms with van der Waals surface area (Å²) in [5.41, 5.74) is 13.7. The Bertz CT molecular complexity index is 1440. The summed E-state index contributed by atoms with van der Waals surface area (Å²) in [6.07, 6.45) is 17.4. The van der Waals surface area contributed by atoms with Gasteiger partial charge in [0.05, 0.1) is 0 Å². The molecule has 46 heavy (non-hydrogen) atoms. The van der Waals surface area contributed by atoms with E-state index in [0.717, 1.165) is 25.7 Å². The Morgan fingerprint density at radius 3 is 0.913 bits per heavy atom. The van der Waals surface area contributed by atoms with Crippen molar-refractivity contribution in [3.63, 3.8) is 0 Å². The van der Waals surface area contributed by atoms with Gasteiger partial charge >= 0.3 is 0 Å². The third kappa shape index (κ3) is 10.6. The second-order valence-corrected chi connectivity index (χ2v) is 13.2. The maximum atomic E-state index is 2.33. The molecule has 5 aromatic carbocycles. The molecule has 0 bridgehead atoms. The average molecular weight is 607 g/mol. The van der Waals surface area contributed by atoms with E-state index >= 15 is 0 Å². The van der Waals surface area contributed by atoms with Crippen LogP contribution in [-0.2, 0) is 38.5 Å². The molecule has 238 valence electrons. The first kappa shape index (κ1) is 33.5. The highest BCUT2D eigenvalue weighted by Crippen LogP contribution is 2.27. The third-order valence-electron chi connectivity index (χ3n) is 9.53. The van der Waals surface area contributed by atoms with Crippen LogP contribution in [0.3, 0.4) is 0 Å². The molecule has 0 fully saturated rings. The fourth-order valence-corrected chi connectivity index (χ4v) is 6.44. The van der Waals surface area contributed by atoms with Crippen molar-refractivity contribution in [1.29, 1.82) is 0 Å². The fourth-order valence-electron chi connectivity index (χ4n) is 6.44. The van der Waals surface area contributed by atoms with Crippen molar-refractivity contribution in [1.82, 2.24) is 0 Å². The SMILES string of the molecule is CCCCCCc1ccc(CCc2ccc(-c3cccc(-c4ccc(CCc5ccc(CCCCCC)cc5)cc4)c3)cc2)cc1. The zero-order valence-electron chi connectivity index (χ0n) is 28.4. The lowest BCUT2D eigenvalue weighted by molar-refractivity contribution is 0.667. The summed E-state index contributed by atoms with van der Waals surface area (Å²) >= 11 is 0. The fraction of sp³-hybridized carbons (Fsp3) is 0.348. The molecule has 0 nitrogen and oxygen atoms in total. The van der Waals surface area contributed by atoms with Gasteiger partial charge in [-0.05, 0) is 113 Å². The molecule has 0 atom stereocenters. The van der Waals surface area contributed by atoms with Gasteiger partial charge in [-0.3, -0.25) is 0 Å². The highest BCUT2D eigenvalue weighted by molar-refractivity contribution is 5.73. The number of benzene rings is 5.